The Morgan fingerprint density at radius 1 is 0.977 bits per heavy atom. The summed E-state index contributed by atoms with van der Waals surface area (Å²) in [6, 6.07) is 14.8. The van der Waals surface area contributed by atoms with Gasteiger partial charge in [0.2, 0.25) is 5.91 Å². The van der Waals surface area contributed by atoms with Crippen LogP contribution in [-0.2, 0) is 43.3 Å². The molecule has 7 nitrogen and oxygen atoms in total. The van der Waals surface area contributed by atoms with Gasteiger partial charge in [-0.2, -0.15) is 34.6 Å². The minimum Gasteiger partial charge on any atom is -0.334 e. The fraction of sp³-hybridized carbons (Fsp3) is 0.394. The molecule has 5 rings (SSSR count). The molecule has 44 heavy (non-hydrogen) atoms. The molecule has 2 aromatic carbocycles. The number of halogens is 3. The minimum absolute atomic E-state index is 0.0186. The average Bonchev–Trinajstić information content (AvgIpc) is 3.54. The zero-order valence-corrected chi connectivity index (χ0v) is 25.7. The number of nitrogens with zero attached hydrogens (tertiary/aromatic N) is 5. The molecule has 1 saturated heterocycles. The van der Waals surface area contributed by atoms with Crippen LogP contribution in [0.15, 0.2) is 70.2 Å². The van der Waals surface area contributed by atoms with E-state index in [0.717, 1.165) is 54.8 Å². The van der Waals surface area contributed by atoms with Crippen molar-refractivity contribution in [3.05, 3.63) is 104 Å². The summed E-state index contributed by atoms with van der Waals surface area (Å²) in [7, 11) is 2.07. The molecule has 0 aliphatic carbocycles. The number of alkyl halides is 3. The molecule has 3 heterocycles. The lowest BCUT2D eigenvalue weighted by Crippen LogP contribution is -2.47. The van der Waals surface area contributed by atoms with Gasteiger partial charge in [-0.25, -0.2) is 4.68 Å². The van der Waals surface area contributed by atoms with Crippen LogP contribution >= 0.6 is 11.3 Å². The molecule has 0 N–H and O–H groups in total. The Morgan fingerprint density at radius 2 is 1.64 bits per heavy atom. The van der Waals surface area contributed by atoms with Gasteiger partial charge in [-0.1, -0.05) is 43.3 Å². The summed E-state index contributed by atoms with van der Waals surface area (Å²) in [4.78, 5) is 35.1. The van der Waals surface area contributed by atoms with Gasteiger partial charge in [-0.05, 0) is 97.0 Å². The molecular weight excluding hydrogens is 587 g/mol. The third-order valence-electron chi connectivity index (χ3n) is 8.16. The SMILES string of the molecule is CCc1nn(CC(=O)N(Cc2ccc(-c3ccc(C(F)(F)F)cc3)cc2)C2CCN(C)CC2)c(CCc2ccsc2)nc1=O. The van der Waals surface area contributed by atoms with E-state index in [0.29, 0.717) is 42.9 Å². The molecule has 0 saturated carbocycles. The molecule has 11 heteroatoms. The van der Waals surface area contributed by atoms with E-state index in [1.165, 1.54) is 12.1 Å². The first kappa shape index (κ1) is 31.6. The zero-order valence-electron chi connectivity index (χ0n) is 24.9. The van der Waals surface area contributed by atoms with Crippen LogP contribution in [0.25, 0.3) is 11.1 Å². The molecule has 0 bridgehead atoms. The molecule has 4 aromatic rings. The Kier molecular flexibility index (Phi) is 9.95. The van der Waals surface area contributed by atoms with Crippen molar-refractivity contribution in [2.45, 2.75) is 64.3 Å². The van der Waals surface area contributed by atoms with E-state index >= 15 is 0 Å². The number of aryl methyl sites for hydroxylation is 3. The highest BCUT2D eigenvalue weighted by atomic mass is 32.1. The molecule has 1 fully saturated rings. The topological polar surface area (TPSA) is 71.3 Å². The van der Waals surface area contributed by atoms with Crippen molar-refractivity contribution in [1.82, 2.24) is 24.6 Å². The number of hydrogen-bond acceptors (Lipinski definition) is 6. The quantitative estimate of drug-likeness (QED) is 0.222. The molecule has 0 spiro atoms. The van der Waals surface area contributed by atoms with Gasteiger partial charge in [0.15, 0.2) is 0 Å². The maximum absolute atomic E-state index is 14.0. The second kappa shape index (κ2) is 13.9. The maximum Gasteiger partial charge on any atom is 0.416 e. The highest BCUT2D eigenvalue weighted by Gasteiger charge is 2.30. The normalized spacial score (nSPS) is 14.6. The Hall–Kier alpha value is -3.83. The number of thiophene rings is 1. The van der Waals surface area contributed by atoms with Crippen molar-refractivity contribution in [3.63, 3.8) is 0 Å². The summed E-state index contributed by atoms with van der Waals surface area (Å²) < 4.78 is 40.6. The van der Waals surface area contributed by atoms with Gasteiger partial charge in [0.1, 0.15) is 18.1 Å². The highest BCUT2D eigenvalue weighted by molar-refractivity contribution is 7.07. The largest absolute Gasteiger partial charge is 0.416 e. The molecule has 0 unspecified atom stereocenters. The van der Waals surface area contributed by atoms with E-state index in [1.807, 2.05) is 47.5 Å². The Balaban J connectivity index is 1.37. The van der Waals surface area contributed by atoms with E-state index in [1.54, 1.807) is 16.0 Å². The summed E-state index contributed by atoms with van der Waals surface area (Å²) >= 11 is 1.61. The number of piperidine rings is 1. The van der Waals surface area contributed by atoms with Crippen LogP contribution in [0.5, 0.6) is 0 Å². The van der Waals surface area contributed by atoms with Crippen LogP contribution in [0.2, 0.25) is 0 Å². The Bertz CT molecular complexity index is 1590. The lowest BCUT2D eigenvalue weighted by molar-refractivity contribution is -0.138. The first-order valence-corrected chi connectivity index (χ1v) is 15.8. The van der Waals surface area contributed by atoms with E-state index in [-0.39, 0.29) is 24.1 Å². The molecular formula is C33H36F3N5O2S. The molecule has 0 radical (unpaired) electrons. The lowest BCUT2D eigenvalue weighted by Gasteiger charge is -2.37. The van der Waals surface area contributed by atoms with Gasteiger partial charge < -0.3 is 9.80 Å². The van der Waals surface area contributed by atoms with E-state index in [2.05, 4.69) is 27.4 Å². The average molecular weight is 624 g/mol. The summed E-state index contributed by atoms with van der Waals surface area (Å²) in [6.45, 7) is 3.98. The second-order valence-electron chi connectivity index (χ2n) is 11.3. The van der Waals surface area contributed by atoms with E-state index in [4.69, 9.17) is 0 Å². The summed E-state index contributed by atoms with van der Waals surface area (Å²) in [5.74, 6) is 0.402. The molecule has 1 amide bonds. The third kappa shape index (κ3) is 7.81. The molecule has 0 atom stereocenters. The summed E-state index contributed by atoms with van der Waals surface area (Å²) in [6.07, 6.45) is -1.08. The van der Waals surface area contributed by atoms with Crippen molar-refractivity contribution in [3.8, 4) is 11.1 Å². The maximum atomic E-state index is 14.0. The van der Waals surface area contributed by atoms with Crippen molar-refractivity contribution in [2.75, 3.05) is 20.1 Å². The molecule has 2 aromatic heterocycles. The predicted octanol–water partition coefficient (Wildman–Crippen LogP) is 5.86. The van der Waals surface area contributed by atoms with Crippen LogP contribution < -0.4 is 5.56 Å². The molecule has 232 valence electrons. The summed E-state index contributed by atoms with van der Waals surface area (Å²) in [5, 5.41) is 8.63. The lowest BCUT2D eigenvalue weighted by atomic mass is 10.0. The van der Waals surface area contributed by atoms with Crippen LogP contribution in [0.4, 0.5) is 13.2 Å². The Labute approximate surface area is 259 Å². The smallest absolute Gasteiger partial charge is 0.334 e. The van der Waals surface area contributed by atoms with Gasteiger partial charge in [-0.15, -0.1) is 0 Å². The third-order valence-corrected chi connectivity index (χ3v) is 8.89. The van der Waals surface area contributed by atoms with Gasteiger partial charge in [-0.3, -0.25) is 9.59 Å². The van der Waals surface area contributed by atoms with Gasteiger partial charge >= 0.3 is 6.18 Å². The number of carbonyl (C=O) groups excluding carboxylic acids is 1. The monoisotopic (exact) mass is 623 g/mol. The number of hydrogen-bond donors (Lipinski definition) is 0. The Morgan fingerprint density at radius 3 is 2.23 bits per heavy atom. The molecule has 1 aliphatic rings. The predicted molar refractivity (Wildman–Crippen MR) is 165 cm³/mol. The second-order valence-corrected chi connectivity index (χ2v) is 12.0. The van der Waals surface area contributed by atoms with Crippen molar-refractivity contribution in [2.24, 2.45) is 0 Å². The minimum atomic E-state index is -4.38. The van der Waals surface area contributed by atoms with Crippen LogP contribution in [-0.4, -0.2) is 56.7 Å². The number of benzene rings is 2. The number of carbonyl (C=O) groups is 1. The summed E-state index contributed by atoms with van der Waals surface area (Å²) in [5.41, 5.74) is 2.86. The molecule has 1 aliphatic heterocycles. The van der Waals surface area contributed by atoms with Gasteiger partial charge in [0.25, 0.3) is 5.56 Å². The van der Waals surface area contributed by atoms with Crippen LogP contribution in [0, 0.1) is 0 Å². The fourth-order valence-corrected chi connectivity index (χ4v) is 6.21. The van der Waals surface area contributed by atoms with Gasteiger partial charge in [0.05, 0.1) is 5.56 Å². The zero-order chi connectivity index (χ0) is 31.3. The first-order valence-electron chi connectivity index (χ1n) is 14.8. The van der Waals surface area contributed by atoms with Crippen molar-refractivity contribution in [1.29, 1.82) is 0 Å². The number of rotatable bonds is 10. The standard InChI is InChI=1S/C33H36F3N5O2S/c1-3-29-32(43)37-30(13-6-24-16-19-44-22-24)41(38-29)21-31(42)40(28-14-17-39(2)18-15-28)20-23-4-7-25(8-5-23)26-9-11-27(12-10-26)33(34,35)36/h4-5,7-12,16,19,22,28H,3,6,13-15,17-18,20-21H2,1-2H3. The van der Waals surface area contributed by atoms with Gasteiger partial charge in [0, 0.05) is 19.0 Å². The van der Waals surface area contributed by atoms with Crippen LogP contribution in [0.1, 0.15) is 48.0 Å². The fourth-order valence-electron chi connectivity index (χ4n) is 5.51. The van der Waals surface area contributed by atoms with Crippen molar-refractivity contribution < 1.29 is 18.0 Å². The number of amides is 1. The van der Waals surface area contributed by atoms with E-state index in [9.17, 15) is 22.8 Å². The number of aromatic nitrogens is 3. The van der Waals surface area contributed by atoms with Crippen molar-refractivity contribution >= 4 is 17.2 Å². The highest BCUT2D eigenvalue weighted by Crippen LogP contribution is 2.31. The van der Waals surface area contributed by atoms with E-state index < -0.39 is 11.7 Å². The van der Waals surface area contributed by atoms with Crippen LogP contribution in [0.3, 0.4) is 0 Å². The first-order chi connectivity index (χ1) is 21.1. The number of likely N-dealkylation sites (tertiary alicyclic amines) is 1.